The Morgan fingerprint density at radius 1 is 1.11 bits per heavy atom. The van der Waals surface area contributed by atoms with E-state index in [0.717, 1.165) is 0 Å². The maximum absolute atomic E-state index is 14.3. The van der Waals surface area contributed by atoms with Crippen LogP contribution >= 0.6 is 0 Å². The lowest BCUT2D eigenvalue weighted by atomic mass is 10.00. The summed E-state index contributed by atoms with van der Waals surface area (Å²) in [5.74, 6) is -1.30. The van der Waals surface area contributed by atoms with Gasteiger partial charge in [0.05, 0.1) is 11.2 Å². The summed E-state index contributed by atoms with van der Waals surface area (Å²) >= 11 is 0. The summed E-state index contributed by atoms with van der Waals surface area (Å²) in [7, 11) is 1.81. The van der Waals surface area contributed by atoms with Crippen molar-refractivity contribution >= 4 is 28.5 Å². The van der Waals surface area contributed by atoms with Crippen molar-refractivity contribution in [1.29, 1.82) is 0 Å². The number of aryl methyl sites for hydroxylation is 1. The van der Waals surface area contributed by atoms with Gasteiger partial charge in [0, 0.05) is 24.5 Å². The van der Waals surface area contributed by atoms with Gasteiger partial charge in [-0.15, -0.1) is 5.10 Å². The van der Waals surface area contributed by atoms with Gasteiger partial charge in [-0.2, -0.15) is 0 Å². The maximum Gasteiger partial charge on any atom is 0.249 e. The van der Waals surface area contributed by atoms with Crippen LogP contribution in [0.15, 0.2) is 66.9 Å². The van der Waals surface area contributed by atoms with E-state index in [2.05, 4.69) is 15.6 Å². The van der Waals surface area contributed by atoms with E-state index in [1.54, 1.807) is 42.1 Å². The number of nitrogens with one attached hydrogen (secondary N) is 1. The summed E-state index contributed by atoms with van der Waals surface area (Å²) in [6, 6.07) is 15.6. The highest BCUT2D eigenvalue weighted by atomic mass is 19.1. The van der Waals surface area contributed by atoms with Gasteiger partial charge < -0.3 is 9.88 Å². The first-order valence-electron chi connectivity index (χ1n) is 11.5. The Hall–Kier alpha value is -4.01. The zero-order chi connectivity index (χ0) is 25.2. The fourth-order valence-corrected chi connectivity index (χ4v) is 3.93. The average molecular weight is 477 g/mol. The van der Waals surface area contributed by atoms with Gasteiger partial charge in [-0.25, -0.2) is 9.07 Å². The molecule has 2 aromatic carbocycles. The fourth-order valence-electron chi connectivity index (χ4n) is 3.93. The molecule has 0 aliphatic rings. The number of fused-ring (bicyclic) bond motifs is 1. The van der Waals surface area contributed by atoms with E-state index < -0.39 is 23.3 Å². The predicted octanol–water partition coefficient (Wildman–Crippen LogP) is 3.99. The molecule has 182 valence electrons. The topological polar surface area (TPSA) is 85.0 Å². The third kappa shape index (κ3) is 5.08. The minimum absolute atomic E-state index is 0.178. The van der Waals surface area contributed by atoms with Crippen LogP contribution < -0.4 is 10.2 Å². The summed E-state index contributed by atoms with van der Waals surface area (Å²) in [5.41, 5.74) is 1.70. The molecule has 0 unspecified atom stereocenters. The van der Waals surface area contributed by atoms with Gasteiger partial charge in [0.1, 0.15) is 17.9 Å². The van der Waals surface area contributed by atoms with E-state index in [9.17, 15) is 14.0 Å². The first kappa shape index (κ1) is 24.1. The highest BCUT2D eigenvalue weighted by molar-refractivity contribution is 6.01. The van der Waals surface area contributed by atoms with E-state index in [4.69, 9.17) is 0 Å². The smallest absolute Gasteiger partial charge is 0.249 e. The van der Waals surface area contributed by atoms with Crippen LogP contribution in [-0.2, 0) is 23.2 Å². The van der Waals surface area contributed by atoms with Crippen molar-refractivity contribution in [3.05, 3.63) is 78.4 Å². The molecule has 1 N–H and O–H groups in total. The number of para-hydroxylation sites is 1. The Morgan fingerprint density at radius 2 is 1.89 bits per heavy atom. The van der Waals surface area contributed by atoms with Gasteiger partial charge in [-0.3, -0.25) is 14.5 Å². The zero-order valence-electron chi connectivity index (χ0n) is 20.3. The fraction of sp³-hybridized carbons (Fsp3) is 0.308. The lowest BCUT2D eigenvalue weighted by Gasteiger charge is -2.34. The number of carbonyl (C=O) groups excluding carboxylic acids is 2. The van der Waals surface area contributed by atoms with Crippen LogP contribution in [0.5, 0.6) is 0 Å². The average Bonchev–Trinajstić information content (AvgIpc) is 3.43. The molecular formula is C26H29FN6O2. The van der Waals surface area contributed by atoms with Gasteiger partial charge in [0.2, 0.25) is 11.8 Å². The van der Waals surface area contributed by atoms with Crippen molar-refractivity contribution in [3.63, 3.8) is 0 Å². The van der Waals surface area contributed by atoms with E-state index in [-0.39, 0.29) is 18.1 Å². The molecule has 8 nitrogen and oxygen atoms in total. The molecule has 0 fully saturated rings. The minimum atomic E-state index is -1.04. The van der Waals surface area contributed by atoms with E-state index in [0.29, 0.717) is 23.1 Å². The second-order valence-electron chi connectivity index (χ2n) is 9.15. The van der Waals surface area contributed by atoms with Gasteiger partial charge >= 0.3 is 0 Å². The third-order valence-corrected chi connectivity index (χ3v) is 6.18. The number of aromatic nitrogens is 4. The monoisotopic (exact) mass is 476 g/mol. The summed E-state index contributed by atoms with van der Waals surface area (Å²) in [6.07, 6.45) is 2.50. The number of rotatable bonds is 8. The summed E-state index contributed by atoms with van der Waals surface area (Å²) in [4.78, 5) is 29.0. The van der Waals surface area contributed by atoms with Crippen molar-refractivity contribution in [1.82, 2.24) is 24.9 Å². The number of amides is 2. The van der Waals surface area contributed by atoms with Crippen LogP contribution in [0.1, 0.15) is 38.9 Å². The Kier molecular flexibility index (Phi) is 6.68. The number of anilines is 1. The number of hydrogen-bond acceptors (Lipinski definition) is 4. The molecular weight excluding hydrogens is 447 g/mol. The zero-order valence-corrected chi connectivity index (χ0v) is 20.3. The van der Waals surface area contributed by atoms with E-state index >= 15 is 0 Å². The van der Waals surface area contributed by atoms with Gasteiger partial charge in [0.15, 0.2) is 6.04 Å². The molecule has 2 amide bonds. The molecule has 35 heavy (non-hydrogen) atoms. The molecule has 0 radical (unpaired) electrons. The molecule has 0 spiro atoms. The van der Waals surface area contributed by atoms with Crippen molar-refractivity contribution in [2.75, 3.05) is 4.90 Å². The Labute approximate surface area is 203 Å². The van der Waals surface area contributed by atoms with Crippen molar-refractivity contribution in [2.45, 2.75) is 45.3 Å². The van der Waals surface area contributed by atoms with Crippen molar-refractivity contribution < 1.29 is 14.0 Å². The van der Waals surface area contributed by atoms with E-state index in [1.807, 2.05) is 39.0 Å². The maximum atomic E-state index is 14.3. The second kappa shape index (κ2) is 9.69. The molecule has 2 heterocycles. The lowest BCUT2D eigenvalue weighted by Crippen LogP contribution is -2.51. The molecule has 4 rings (SSSR count). The SMILES string of the molecule is CCC(C)(C)NC(=O)[C@H](c1cccn1C)N(C(=O)Cn1nnc2ccccc21)c1cccc(F)c1. The van der Waals surface area contributed by atoms with Crippen LogP contribution in [-0.4, -0.2) is 36.9 Å². The molecule has 1 atom stereocenters. The first-order valence-corrected chi connectivity index (χ1v) is 11.5. The highest BCUT2D eigenvalue weighted by Crippen LogP contribution is 2.30. The Balaban J connectivity index is 1.81. The molecule has 0 saturated heterocycles. The quantitative estimate of drug-likeness (QED) is 0.417. The molecule has 0 aliphatic carbocycles. The molecule has 9 heteroatoms. The highest BCUT2D eigenvalue weighted by Gasteiger charge is 2.36. The number of halogens is 1. The number of benzene rings is 2. The molecule has 0 bridgehead atoms. The standard InChI is InChI=1S/C26H29FN6O2/c1-5-26(2,3)28-25(35)24(22-14-9-15-31(22)4)33(19-11-8-10-18(27)16-19)23(34)17-32-21-13-7-6-12-20(21)29-30-32/h6-16,24H,5,17H2,1-4H3,(H,28,35)/t24-/m0/s1. The van der Waals surface area contributed by atoms with Crippen LogP contribution in [0.4, 0.5) is 10.1 Å². The largest absolute Gasteiger partial charge is 0.352 e. The van der Waals surface area contributed by atoms with Crippen LogP contribution in [0.25, 0.3) is 11.0 Å². The van der Waals surface area contributed by atoms with Crippen molar-refractivity contribution in [2.24, 2.45) is 7.05 Å². The van der Waals surface area contributed by atoms with Crippen LogP contribution in [0, 0.1) is 5.82 Å². The van der Waals surface area contributed by atoms with Crippen molar-refractivity contribution in [3.8, 4) is 0 Å². The first-order chi connectivity index (χ1) is 16.7. The summed E-state index contributed by atoms with van der Waals surface area (Å²) < 4.78 is 17.6. The van der Waals surface area contributed by atoms with Crippen LogP contribution in [0.3, 0.4) is 0 Å². The van der Waals surface area contributed by atoms with Gasteiger partial charge in [-0.05, 0) is 62.7 Å². The number of carbonyl (C=O) groups is 2. The van der Waals surface area contributed by atoms with Crippen LogP contribution in [0.2, 0.25) is 0 Å². The Bertz CT molecular complexity index is 1360. The molecule has 2 aromatic heterocycles. The minimum Gasteiger partial charge on any atom is -0.352 e. The van der Waals surface area contributed by atoms with Gasteiger partial charge in [0.25, 0.3) is 0 Å². The van der Waals surface area contributed by atoms with Gasteiger partial charge in [-0.1, -0.05) is 30.3 Å². The summed E-state index contributed by atoms with van der Waals surface area (Å²) in [6.45, 7) is 5.64. The number of nitrogens with zero attached hydrogens (tertiary/aromatic N) is 5. The normalized spacial score (nSPS) is 12.5. The molecule has 0 aliphatic heterocycles. The molecule has 0 saturated carbocycles. The predicted molar refractivity (Wildman–Crippen MR) is 132 cm³/mol. The molecule has 4 aromatic rings. The summed E-state index contributed by atoms with van der Waals surface area (Å²) in [5, 5.41) is 11.3. The number of hydrogen-bond donors (Lipinski definition) is 1. The Morgan fingerprint density at radius 3 is 2.57 bits per heavy atom. The van der Waals surface area contributed by atoms with E-state index in [1.165, 1.54) is 27.8 Å². The third-order valence-electron chi connectivity index (χ3n) is 6.18. The lowest BCUT2D eigenvalue weighted by molar-refractivity contribution is -0.128. The second-order valence-corrected chi connectivity index (χ2v) is 9.15.